The summed E-state index contributed by atoms with van der Waals surface area (Å²) in [4.78, 5) is 0.00245. The molecule has 0 aromatic heterocycles. The van der Waals surface area contributed by atoms with Gasteiger partial charge in [0.1, 0.15) is 10.7 Å². The van der Waals surface area contributed by atoms with Gasteiger partial charge in [-0.1, -0.05) is 19.8 Å². The summed E-state index contributed by atoms with van der Waals surface area (Å²) in [6, 6.07) is 3.47. The van der Waals surface area contributed by atoms with Crippen molar-refractivity contribution in [3.63, 3.8) is 0 Å². The monoisotopic (exact) mass is 286 g/mol. The minimum atomic E-state index is -3.64. The third-order valence-corrected chi connectivity index (χ3v) is 5.70. The number of halogens is 1. The zero-order chi connectivity index (χ0) is 14.0. The summed E-state index contributed by atoms with van der Waals surface area (Å²) in [5, 5.41) is 0. The molecule has 1 aliphatic carbocycles. The number of hydrogen-bond acceptors (Lipinski definition) is 3. The molecule has 6 heteroatoms. The van der Waals surface area contributed by atoms with Gasteiger partial charge in [-0.25, -0.2) is 12.8 Å². The maximum absolute atomic E-state index is 13.0. The average molecular weight is 286 g/mol. The van der Waals surface area contributed by atoms with Gasteiger partial charge in [0.15, 0.2) is 0 Å². The highest BCUT2D eigenvalue weighted by molar-refractivity contribution is 7.89. The van der Waals surface area contributed by atoms with Crippen LogP contribution in [0.4, 0.5) is 10.1 Å². The standard InChI is InChI=1S/C13H19FN2O2S/c1-2-16(11-5-3-4-6-11)19(17,18)13-8-7-10(14)9-12(13)15/h7-9,11H,2-6,15H2,1H3. The van der Waals surface area contributed by atoms with E-state index in [1.807, 2.05) is 6.92 Å². The summed E-state index contributed by atoms with van der Waals surface area (Å²) in [6.07, 6.45) is 3.87. The van der Waals surface area contributed by atoms with E-state index in [9.17, 15) is 12.8 Å². The number of benzene rings is 1. The lowest BCUT2D eigenvalue weighted by Crippen LogP contribution is -2.38. The smallest absolute Gasteiger partial charge is 0.245 e. The van der Waals surface area contributed by atoms with E-state index in [0.29, 0.717) is 6.54 Å². The highest BCUT2D eigenvalue weighted by Gasteiger charge is 2.33. The number of sulfonamides is 1. The van der Waals surface area contributed by atoms with Crippen LogP contribution in [0.5, 0.6) is 0 Å². The van der Waals surface area contributed by atoms with Gasteiger partial charge in [0, 0.05) is 12.6 Å². The molecular formula is C13H19FN2O2S. The van der Waals surface area contributed by atoms with E-state index in [0.717, 1.165) is 37.8 Å². The van der Waals surface area contributed by atoms with Crippen molar-refractivity contribution in [3.05, 3.63) is 24.0 Å². The lowest BCUT2D eigenvalue weighted by molar-refractivity contribution is 0.335. The maximum atomic E-state index is 13.0. The van der Waals surface area contributed by atoms with E-state index < -0.39 is 15.8 Å². The zero-order valence-corrected chi connectivity index (χ0v) is 11.8. The Kier molecular flexibility index (Phi) is 4.10. The minimum absolute atomic E-state index is 0.00245. The van der Waals surface area contributed by atoms with Crippen LogP contribution in [-0.2, 0) is 10.0 Å². The highest BCUT2D eigenvalue weighted by atomic mass is 32.2. The summed E-state index contributed by atoms with van der Waals surface area (Å²) in [5.74, 6) is -0.527. The van der Waals surface area contributed by atoms with E-state index in [1.54, 1.807) is 0 Å². The first-order chi connectivity index (χ1) is 8.96. The molecule has 1 aromatic carbocycles. The summed E-state index contributed by atoms with van der Waals surface area (Å²) < 4.78 is 39.7. The molecule has 2 rings (SSSR count). The van der Waals surface area contributed by atoms with Crippen LogP contribution in [0.2, 0.25) is 0 Å². The van der Waals surface area contributed by atoms with E-state index in [4.69, 9.17) is 5.73 Å². The Hall–Kier alpha value is -1.14. The predicted octanol–water partition coefficient (Wildman–Crippen LogP) is 2.36. The Morgan fingerprint density at radius 2 is 2.00 bits per heavy atom. The third-order valence-electron chi connectivity index (χ3n) is 3.60. The molecule has 0 unspecified atom stereocenters. The van der Waals surface area contributed by atoms with Crippen molar-refractivity contribution in [3.8, 4) is 0 Å². The molecular weight excluding hydrogens is 267 g/mol. The fraction of sp³-hybridized carbons (Fsp3) is 0.538. The molecule has 1 saturated carbocycles. The van der Waals surface area contributed by atoms with Crippen molar-refractivity contribution in [2.45, 2.75) is 43.5 Å². The largest absolute Gasteiger partial charge is 0.398 e. The number of hydrogen-bond donors (Lipinski definition) is 1. The normalized spacial score (nSPS) is 17.2. The van der Waals surface area contributed by atoms with Gasteiger partial charge in [-0.3, -0.25) is 0 Å². The zero-order valence-electron chi connectivity index (χ0n) is 11.0. The van der Waals surface area contributed by atoms with Crippen LogP contribution in [0, 0.1) is 5.82 Å². The van der Waals surface area contributed by atoms with Gasteiger partial charge in [-0.15, -0.1) is 0 Å². The molecule has 0 spiro atoms. The van der Waals surface area contributed by atoms with Crippen molar-refractivity contribution in [2.75, 3.05) is 12.3 Å². The van der Waals surface area contributed by atoms with Crippen LogP contribution in [0.15, 0.2) is 23.1 Å². The number of nitrogens with zero attached hydrogens (tertiary/aromatic N) is 1. The molecule has 1 aliphatic rings. The molecule has 0 heterocycles. The summed E-state index contributed by atoms with van der Waals surface area (Å²) in [7, 11) is -3.64. The lowest BCUT2D eigenvalue weighted by Gasteiger charge is -2.27. The lowest BCUT2D eigenvalue weighted by atomic mass is 10.2. The molecule has 106 valence electrons. The quantitative estimate of drug-likeness (QED) is 0.864. The van der Waals surface area contributed by atoms with Crippen molar-refractivity contribution >= 4 is 15.7 Å². The second-order valence-corrected chi connectivity index (χ2v) is 6.69. The van der Waals surface area contributed by atoms with Gasteiger partial charge in [0.05, 0.1) is 5.69 Å². The number of nitrogen functional groups attached to an aromatic ring is 1. The molecule has 19 heavy (non-hydrogen) atoms. The Morgan fingerprint density at radius 1 is 1.37 bits per heavy atom. The molecule has 0 amide bonds. The average Bonchev–Trinajstić information content (AvgIpc) is 2.82. The van der Waals surface area contributed by atoms with E-state index in [2.05, 4.69) is 0 Å². The Labute approximate surface area is 113 Å². The highest BCUT2D eigenvalue weighted by Crippen LogP contribution is 2.30. The van der Waals surface area contributed by atoms with Gasteiger partial charge < -0.3 is 5.73 Å². The maximum Gasteiger partial charge on any atom is 0.245 e. The molecule has 0 radical (unpaired) electrons. The summed E-state index contributed by atoms with van der Waals surface area (Å²) in [6.45, 7) is 2.22. The van der Waals surface area contributed by atoms with E-state index in [-0.39, 0.29) is 16.6 Å². The van der Waals surface area contributed by atoms with Gasteiger partial charge in [-0.2, -0.15) is 4.31 Å². The molecule has 0 saturated heterocycles. The van der Waals surface area contributed by atoms with Crippen molar-refractivity contribution in [2.24, 2.45) is 0 Å². The SMILES string of the molecule is CCN(C1CCCC1)S(=O)(=O)c1ccc(F)cc1N. The third kappa shape index (κ3) is 2.74. The molecule has 4 nitrogen and oxygen atoms in total. The first kappa shape index (κ1) is 14.3. The van der Waals surface area contributed by atoms with Gasteiger partial charge in [-0.05, 0) is 31.0 Å². The van der Waals surface area contributed by atoms with Crippen LogP contribution in [-0.4, -0.2) is 25.3 Å². The van der Waals surface area contributed by atoms with E-state index >= 15 is 0 Å². The minimum Gasteiger partial charge on any atom is -0.398 e. The second-order valence-electron chi connectivity index (χ2n) is 4.83. The van der Waals surface area contributed by atoms with Crippen LogP contribution in [0.1, 0.15) is 32.6 Å². The Bertz CT molecular complexity index is 554. The first-order valence-electron chi connectivity index (χ1n) is 6.53. The van der Waals surface area contributed by atoms with Crippen molar-refractivity contribution < 1.29 is 12.8 Å². The van der Waals surface area contributed by atoms with Crippen molar-refractivity contribution in [1.29, 1.82) is 0 Å². The molecule has 0 aliphatic heterocycles. The van der Waals surface area contributed by atoms with Gasteiger partial charge >= 0.3 is 0 Å². The molecule has 0 atom stereocenters. The molecule has 2 N–H and O–H groups in total. The summed E-state index contributed by atoms with van der Waals surface area (Å²) >= 11 is 0. The first-order valence-corrected chi connectivity index (χ1v) is 7.97. The van der Waals surface area contributed by atoms with Gasteiger partial charge in [0.2, 0.25) is 10.0 Å². The van der Waals surface area contributed by atoms with E-state index in [1.165, 1.54) is 10.4 Å². The fourth-order valence-corrected chi connectivity index (χ4v) is 4.49. The fourth-order valence-electron chi connectivity index (χ4n) is 2.70. The number of anilines is 1. The molecule has 1 aromatic rings. The van der Waals surface area contributed by atoms with Crippen LogP contribution in [0.25, 0.3) is 0 Å². The molecule has 1 fully saturated rings. The van der Waals surface area contributed by atoms with Crippen LogP contribution >= 0.6 is 0 Å². The van der Waals surface area contributed by atoms with Crippen LogP contribution < -0.4 is 5.73 Å². The molecule has 0 bridgehead atoms. The van der Waals surface area contributed by atoms with Crippen molar-refractivity contribution in [1.82, 2.24) is 4.31 Å². The number of nitrogens with two attached hydrogens (primary N) is 1. The van der Waals surface area contributed by atoms with Crippen LogP contribution in [0.3, 0.4) is 0 Å². The topological polar surface area (TPSA) is 63.4 Å². The Balaban J connectivity index is 2.39. The predicted molar refractivity (Wildman–Crippen MR) is 72.6 cm³/mol. The second kappa shape index (κ2) is 5.46. The summed E-state index contributed by atoms with van der Waals surface area (Å²) in [5.41, 5.74) is 5.62. The Morgan fingerprint density at radius 3 is 2.53 bits per heavy atom. The number of rotatable bonds is 4. The van der Waals surface area contributed by atoms with Gasteiger partial charge in [0.25, 0.3) is 0 Å².